The van der Waals surface area contributed by atoms with Crippen LogP contribution in [0.4, 0.5) is 10.5 Å². The lowest BCUT2D eigenvalue weighted by molar-refractivity contribution is 0.0697. The first-order valence-electron chi connectivity index (χ1n) is 5.85. The maximum atomic E-state index is 11.8. The Morgan fingerprint density at radius 1 is 1.30 bits per heavy atom. The van der Waals surface area contributed by atoms with Crippen molar-refractivity contribution in [3.05, 3.63) is 27.7 Å². The third-order valence-electron chi connectivity index (χ3n) is 2.79. The number of amides is 2. The lowest BCUT2D eigenvalue weighted by Gasteiger charge is -2.14. The molecule has 1 heterocycles. The number of benzene rings is 1. The van der Waals surface area contributed by atoms with Crippen LogP contribution in [-0.2, 0) is 0 Å². The topological polar surface area (TPSA) is 78.4 Å². The molecule has 8 heteroatoms. The van der Waals surface area contributed by atoms with Gasteiger partial charge in [0, 0.05) is 11.8 Å². The Morgan fingerprint density at radius 2 is 1.95 bits per heavy atom. The van der Waals surface area contributed by atoms with Crippen LogP contribution in [-0.4, -0.2) is 34.7 Å². The maximum Gasteiger partial charge on any atom is 0.335 e. The highest BCUT2D eigenvalue weighted by Gasteiger charge is 2.19. The van der Waals surface area contributed by atoms with Crippen LogP contribution in [0.1, 0.15) is 16.8 Å². The molecule has 2 rings (SSSR count). The van der Waals surface area contributed by atoms with Crippen LogP contribution in [0, 0.1) is 0 Å². The summed E-state index contributed by atoms with van der Waals surface area (Å²) in [6.45, 7) is 0. The Hall–Kier alpha value is -1.11. The standard InChI is InChI=1S/C12H12Cl2N2O3S/c13-8-3-6(11(17)18)4-9(14)10(8)16-12(19)15-7-1-2-20-5-7/h3-4,7H,1-2,5H2,(H,17,18)(H2,15,16,19). The second kappa shape index (κ2) is 6.56. The van der Waals surface area contributed by atoms with E-state index in [1.807, 2.05) is 0 Å². The number of urea groups is 1. The number of carbonyl (C=O) groups excluding carboxylic acids is 1. The van der Waals surface area contributed by atoms with Gasteiger partial charge in [-0.2, -0.15) is 11.8 Å². The molecule has 5 nitrogen and oxygen atoms in total. The SMILES string of the molecule is O=C(Nc1c(Cl)cc(C(=O)O)cc1Cl)NC1CCSC1. The van der Waals surface area contributed by atoms with E-state index in [1.54, 1.807) is 11.8 Å². The summed E-state index contributed by atoms with van der Waals surface area (Å²) in [7, 11) is 0. The van der Waals surface area contributed by atoms with Gasteiger partial charge in [0.2, 0.25) is 0 Å². The molecule has 20 heavy (non-hydrogen) atoms. The number of hydrogen-bond donors (Lipinski definition) is 3. The molecule has 1 unspecified atom stereocenters. The first-order valence-corrected chi connectivity index (χ1v) is 7.76. The molecule has 1 saturated heterocycles. The highest BCUT2D eigenvalue weighted by molar-refractivity contribution is 7.99. The summed E-state index contributed by atoms with van der Waals surface area (Å²) in [6.07, 6.45) is 0.928. The van der Waals surface area contributed by atoms with Crippen molar-refractivity contribution in [1.82, 2.24) is 5.32 Å². The third-order valence-corrected chi connectivity index (χ3v) is 4.55. The first-order chi connectivity index (χ1) is 9.47. The van der Waals surface area contributed by atoms with Crippen LogP contribution in [0.3, 0.4) is 0 Å². The highest BCUT2D eigenvalue weighted by Crippen LogP contribution is 2.32. The molecule has 108 valence electrons. The van der Waals surface area contributed by atoms with E-state index in [0.717, 1.165) is 17.9 Å². The zero-order chi connectivity index (χ0) is 14.7. The Labute approximate surface area is 130 Å². The normalized spacial score (nSPS) is 17.8. The van der Waals surface area contributed by atoms with Gasteiger partial charge in [-0.05, 0) is 24.3 Å². The van der Waals surface area contributed by atoms with Gasteiger partial charge in [-0.25, -0.2) is 9.59 Å². The molecule has 0 bridgehead atoms. The number of rotatable bonds is 3. The van der Waals surface area contributed by atoms with Crippen molar-refractivity contribution in [3.63, 3.8) is 0 Å². The summed E-state index contributed by atoms with van der Waals surface area (Å²) < 4.78 is 0. The van der Waals surface area contributed by atoms with Gasteiger partial charge < -0.3 is 15.7 Å². The molecule has 1 aliphatic heterocycles. The Balaban J connectivity index is 2.08. The van der Waals surface area contributed by atoms with Gasteiger partial charge in [0.15, 0.2) is 0 Å². The molecule has 0 radical (unpaired) electrons. The number of carbonyl (C=O) groups is 2. The minimum Gasteiger partial charge on any atom is -0.478 e. The molecule has 1 aromatic rings. The molecule has 0 saturated carbocycles. The largest absolute Gasteiger partial charge is 0.478 e. The molecule has 1 aliphatic rings. The zero-order valence-electron chi connectivity index (χ0n) is 10.3. The van der Waals surface area contributed by atoms with E-state index in [1.165, 1.54) is 12.1 Å². The average molecular weight is 335 g/mol. The van der Waals surface area contributed by atoms with E-state index in [-0.39, 0.29) is 27.3 Å². The fraction of sp³-hybridized carbons (Fsp3) is 0.333. The predicted octanol–water partition coefficient (Wildman–Crippen LogP) is 3.32. The van der Waals surface area contributed by atoms with Gasteiger partial charge in [-0.3, -0.25) is 0 Å². The van der Waals surface area contributed by atoms with Crippen molar-refractivity contribution in [2.75, 3.05) is 16.8 Å². The van der Waals surface area contributed by atoms with Gasteiger partial charge in [0.1, 0.15) is 0 Å². The number of carboxylic acid groups (broad SMARTS) is 1. The van der Waals surface area contributed by atoms with E-state index in [4.69, 9.17) is 28.3 Å². The lowest BCUT2D eigenvalue weighted by atomic mass is 10.2. The van der Waals surface area contributed by atoms with Crippen molar-refractivity contribution < 1.29 is 14.7 Å². The fourth-order valence-corrected chi connectivity index (χ4v) is 3.53. The van der Waals surface area contributed by atoms with Gasteiger partial charge in [0.25, 0.3) is 0 Å². The van der Waals surface area contributed by atoms with Gasteiger partial charge >= 0.3 is 12.0 Å². The van der Waals surface area contributed by atoms with Crippen LogP contribution >= 0.6 is 35.0 Å². The molecule has 0 aliphatic carbocycles. The second-order valence-corrected chi connectivity index (χ2v) is 6.24. The van der Waals surface area contributed by atoms with Crippen LogP contribution in [0.15, 0.2) is 12.1 Å². The van der Waals surface area contributed by atoms with Crippen molar-refractivity contribution in [2.24, 2.45) is 0 Å². The summed E-state index contributed by atoms with van der Waals surface area (Å²) in [6, 6.07) is 2.23. The summed E-state index contributed by atoms with van der Waals surface area (Å²) in [5.74, 6) is 0.778. The third kappa shape index (κ3) is 3.71. The van der Waals surface area contributed by atoms with E-state index < -0.39 is 12.0 Å². The Morgan fingerprint density at radius 3 is 2.45 bits per heavy atom. The Bertz CT molecular complexity index is 524. The molecule has 0 spiro atoms. The second-order valence-electron chi connectivity index (χ2n) is 4.28. The van der Waals surface area contributed by atoms with Crippen molar-refractivity contribution in [1.29, 1.82) is 0 Å². The number of halogens is 2. The quantitative estimate of drug-likeness (QED) is 0.792. The molecule has 1 fully saturated rings. The maximum absolute atomic E-state index is 11.8. The molecule has 1 atom stereocenters. The van der Waals surface area contributed by atoms with Crippen molar-refractivity contribution in [3.8, 4) is 0 Å². The minimum absolute atomic E-state index is 0.0295. The van der Waals surface area contributed by atoms with Crippen molar-refractivity contribution >= 4 is 52.7 Å². The highest BCUT2D eigenvalue weighted by atomic mass is 35.5. The first kappa shape index (κ1) is 15.3. The Kier molecular flexibility index (Phi) is 5.01. The molecular weight excluding hydrogens is 323 g/mol. The van der Waals surface area contributed by atoms with Crippen molar-refractivity contribution in [2.45, 2.75) is 12.5 Å². The van der Waals surface area contributed by atoms with Crippen LogP contribution < -0.4 is 10.6 Å². The number of anilines is 1. The van der Waals surface area contributed by atoms with Gasteiger partial charge in [-0.1, -0.05) is 23.2 Å². The van der Waals surface area contributed by atoms with Gasteiger partial charge in [0.05, 0.1) is 21.3 Å². The summed E-state index contributed by atoms with van der Waals surface area (Å²) in [4.78, 5) is 22.7. The summed E-state index contributed by atoms with van der Waals surface area (Å²) in [5.41, 5.74) is 0.180. The smallest absolute Gasteiger partial charge is 0.335 e. The number of thioether (sulfide) groups is 1. The van der Waals surface area contributed by atoms with E-state index >= 15 is 0 Å². The molecule has 3 N–H and O–H groups in total. The molecule has 0 aromatic heterocycles. The molecule has 2 amide bonds. The van der Waals surface area contributed by atoms with Crippen LogP contribution in [0.5, 0.6) is 0 Å². The summed E-state index contributed by atoms with van der Waals surface area (Å²) >= 11 is 13.7. The lowest BCUT2D eigenvalue weighted by Crippen LogP contribution is -2.37. The molecular formula is C12H12Cl2N2O3S. The monoisotopic (exact) mass is 334 g/mol. The van der Waals surface area contributed by atoms with Gasteiger partial charge in [-0.15, -0.1) is 0 Å². The average Bonchev–Trinajstić information content (AvgIpc) is 2.86. The zero-order valence-corrected chi connectivity index (χ0v) is 12.6. The van der Waals surface area contributed by atoms with E-state index in [9.17, 15) is 9.59 Å². The predicted molar refractivity (Wildman–Crippen MR) is 81.3 cm³/mol. The number of nitrogens with one attached hydrogen (secondary N) is 2. The summed E-state index contributed by atoms with van der Waals surface area (Å²) in [5, 5.41) is 14.4. The fourth-order valence-electron chi connectivity index (χ4n) is 1.80. The number of aromatic carboxylic acids is 1. The molecule has 1 aromatic carbocycles. The van der Waals surface area contributed by atoms with E-state index in [2.05, 4.69) is 10.6 Å². The minimum atomic E-state index is -1.13. The number of carboxylic acids is 1. The van der Waals surface area contributed by atoms with E-state index in [0.29, 0.717) is 0 Å². The van der Waals surface area contributed by atoms with Crippen LogP contribution in [0.2, 0.25) is 10.0 Å². The number of hydrogen-bond acceptors (Lipinski definition) is 3. The van der Waals surface area contributed by atoms with Crippen LogP contribution in [0.25, 0.3) is 0 Å².